The van der Waals surface area contributed by atoms with Gasteiger partial charge in [0.05, 0.1) is 4.92 Å². The number of rotatable bonds is 5. The highest BCUT2D eigenvalue weighted by atomic mass is 16.6. The van der Waals surface area contributed by atoms with Crippen LogP contribution in [0.4, 0.5) is 11.4 Å². The standard InChI is InChI=1S/C20H23N3O3/c24-20(22-12-6-1-2-7-13-22)17-10-11-18(19(14-17)23(25)26)21-15-16-8-4-3-5-9-16/h3-5,8-11,14,21H,1-2,6-7,12-13,15H2. The summed E-state index contributed by atoms with van der Waals surface area (Å²) < 4.78 is 0. The van der Waals surface area contributed by atoms with Gasteiger partial charge in [0.2, 0.25) is 0 Å². The molecule has 6 heteroatoms. The lowest BCUT2D eigenvalue weighted by Crippen LogP contribution is -2.31. The first-order valence-corrected chi connectivity index (χ1v) is 9.00. The van der Waals surface area contributed by atoms with Gasteiger partial charge in [-0.25, -0.2) is 0 Å². The van der Waals surface area contributed by atoms with Crippen LogP contribution < -0.4 is 5.32 Å². The van der Waals surface area contributed by atoms with Crippen molar-refractivity contribution in [3.05, 3.63) is 69.8 Å². The lowest BCUT2D eigenvalue weighted by molar-refractivity contribution is -0.384. The zero-order valence-electron chi connectivity index (χ0n) is 14.7. The van der Waals surface area contributed by atoms with Gasteiger partial charge in [0.15, 0.2) is 0 Å². The second kappa shape index (κ2) is 8.47. The van der Waals surface area contributed by atoms with Crippen molar-refractivity contribution in [1.29, 1.82) is 0 Å². The summed E-state index contributed by atoms with van der Waals surface area (Å²) in [5.41, 5.74) is 1.77. The lowest BCUT2D eigenvalue weighted by atomic mass is 10.1. The molecule has 0 aliphatic carbocycles. The maximum atomic E-state index is 12.7. The molecule has 1 saturated heterocycles. The predicted octanol–water partition coefficient (Wildman–Crippen LogP) is 4.22. The maximum absolute atomic E-state index is 12.7. The number of nitrogens with zero attached hydrogens (tertiary/aromatic N) is 2. The Hall–Kier alpha value is -2.89. The second-order valence-electron chi connectivity index (χ2n) is 6.53. The van der Waals surface area contributed by atoms with E-state index in [4.69, 9.17) is 0 Å². The van der Waals surface area contributed by atoms with E-state index in [1.54, 1.807) is 12.1 Å². The fourth-order valence-electron chi connectivity index (χ4n) is 3.21. The Labute approximate surface area is 153 Å². The molecule has 136 valence electrons. The molecule has 3 rings (SSSR count). The molecule has 26 heavy (non-hydrogen) atoms. The number of hydrogen-bond acceptors (Lipinski definition) is 4. The van der Waals surface area contributed by atoms with Crippen molar-refractivity contribution >= 4 is 17.3 Å². The Balaban J connectivity index is 1.77. The SMILES string of the molecule is O=C(c1ccc(NCc2ccccc2)c([N+](=O)[O-])c1)N1CCCCCC1. The summed E-state index contributed by atoms with van der Waals surface area (Å²) in [6, 6.07) is 14.4. The minimum Gasteiger partial charge on any atom is -0.375 e. The van der Waals surface area contributed by atoms with Crippen molar-refractivity contribution in [2.24, 2.45) is 0 Å². The van der Waals surface area contributed by atoms with Crippen LogP contribution in [0.25, 0.3) is 0 Å². The molecule has 0 spiro atoms. The number of carbonyl (C=O) groups excluding carboxylic acids is 1. The number of anilines is 1. The van der Waals surface area contributed by atoms with Gasteiger partial charge in [-0.1, -0.05) is 43.2 Å². The van der Waals surface area contributed by atoms with Gasteiger partial charge in [0, 0.05) is 31.3 Å². The zero-order chi connectivity index (χ0) is 18.4. The molecular formula is C20H23N3O3. The predicted molar refractivity (Wildman–Crippen MR) is 101 cm³/mol. The Morgan fingerprint density at radius 2 is 1.73 bits per heavy atom. The summed E-state index contributed by atoms with van der Waals surface area (Å²) in [5.74, 6) is -0.121. The third kappa shape index (κ3) is 4.39. The molecule has 1 N–H and O–H groups in total. The number of likely N-dealkylation sites (tertiary alicyclic amines) is 1. The van der Waals surface area contributed by atoms with E-state index in [1.165, 1.54) is 6.07 Å². The molecular weight excluding hydrogens is 330 g/mol. The first kappa shape index (κ1) is 17.9. The maximum Gasteiger partial charge on any atom is 0.293 e. The van der Waals surface area contributed by atoms with E-state index in [0.717, 1.165) is 44.3 Å². The summed E-state index contributed by atoms with van der Waals surface area (Å²) >= 11 is 0. The van der Waals surface area contributed by atoms with E-state index in [0.29, 0.717) is 17.8 Å². The average Bonchev–Trinajstić information content (AvgIpc) is 2.96. The lowest BCUT2D eigenvalue weighted by Gasteiger charge is -2.20. The van der Waals surface area contributed by atoms with Gasteiger partial charge in [-0.15, -0.1) is 0 Å². The van der Waals surface area contributed by atoms with Crippen LogP contribution in [0.5, 0.6) is 0 Å². The van der Waals surface area contributed by atoms with Crippen molar-refractivity contribution in [1.82, 2.24) is 4.90 Å². The fraction of sp³-hybridized carbons (Fsp3) is 0.350. The highest BCUT2D eigenvalue weighted by Crippen LogP contribution is 2.27. The molecule has 1 heterocycles. The number of benzene rings is 2. The number of amides is 1. The number of nitro benzene ring substituents is 1. The summed E-state index contributed by atoms with van der Waals surface area (Å²) in [6.45, 7) is 1.93. The zero-order valence-corrected chi connectivity index (χ0v) is 14.7. The Kier molecular flexibility index (Phi) is 5.84. The number of nitrogens with one attached hydrogen (secondary N) is 1. The summed E-state index contributed by atoms with van der Waals surface area (Å²) in [6.07, 6.45) is 4.24. The number of nitro groups is 1. The van der Waals surface area contributed by atoms with Gasteiger partial charge in [-0.05, 0) is 30.5 Å². The molecule has 2 aromatic rings. The largest absolute Gasteiger partial charge is 0.375 e. The van der Waals surface area contributed by atoms with Gasteiger partial charge < -0.3 is 10.2 Å². The van der Waals surface area contributed by atoms with Gasteiger partial charge in [0.1, 0.15) is 5.69 Å². The van der Waals surface area contributed by atoms with Crippen LogP contribution in [-0.2, 0) is 6.54 Å². The van der Waals surface area contributed by atoms with Crippen molar-refractivity contribution in [2.75, 3.05) is 18.4 Å². The number of hydrogen-bond donors (Lipinski definition) is 1. The van der Waals surface area contributed by atoms with E-state index >= 15 is 0 Å². The van der Waals surface area contributed by atoms with Crippen molar-refractivity contribution in [2.45, 2.75) is 32.2 Å². The first-order chi connectivity index (χ1) is 12.6. The van der Waals surface area contributed by atoms with Gasteiger partial charge >= 0.3 is 0 Å². The van der Waals surface area contributed by atoms with Crippen LogP contribution in [0, 0.1) is 10.1 Å². The molecule has 0 atom stereocenters. The Bertz CT molecular complexity index is 769. The van der Waals surface area contributed by atoms with Gasteiger partial charge in [0.25, 0.3) is 11.6 Å². The molecule has 0 saturated carbocycles. The van der Waals surface area contributed by atoms with Crippen molar-refractivity contribution < 1.29 is 9.72 Å². The summed E-state index contributed by atoms with van der Waals surface area (Å²) in [7, 11) is 0. The van der Waals surface area contributed by atoms with E-state index < -0.39 is 4.92 Å². The number of carbonyl (C=O) groups is 1. The summed E-state index contributed by atoms with van der Waals surface area (Å²) in [5, 5.41) is 14.6. The molecule has 0 unspecified atom stereocenters. The van der Waals surface area contributed by atoms with Crippen molar-refractivity contribution in [3.63, 3.8) is 0 Å². The monoisotopic (exact) mass is 353 g/mol. The van der Waals surface area contributed by atoms with E-state index in [2.05, 4.69) is 5.32 Å². The molecule has 6 nitrogen and oxygen atoms in total. The Morgan fingerprint density at radius 1 is 1.04 bits per heavy atom. The first-order valence-electron chi connectivity index (χ1n) is 9.00. The highest BCUT2D eigenvalue weighted by molar-refractivity contribution is 5.95. The molecule has 1 amide bonds. The second-order valence-corrected chi connectivity index (χ2v) is 6.53. The Morgan fingerprint density at radius 3 is 2.38 bits per heavy atom. The van der Waals surface area contributed by atoms with Crippen LogP contribution in [0.3, 0.4) is 0 Å². The summed E-state index contributed by atoms with van der Waals surface area (Å²) in [4.78, 5) is 25.6. The van der Waals surface area contributed by atoms with Gasteiger partial charge in [-0.2, -0.15) is 0 Å². The third-order valence-corrected chi connectivity index (χ3v) is 4.66. The van der Waals surface area contributed by atoms with Crippen LogP contribution in [0.1, 0.15) is 41.6 Å². The molecule has 0 bridgehead atoms. The molecule has 2 aromatic carbocycles. The van der Waals surface area contributed by atoms with Gasteiger partial charge in [-0.3, -0.25) is 14.9 Å². The molecule has 0 radical (unpaired) electrons. The minimum atomic E-state index is -0.438. The fourth-order valence-corrected chi connectivity index (χ4v) is 3.21. The van der Waals surface area contributed by atoms with Crippen LogP contribution in [0.15, 0.2) is 48.5 Å². The average molecular weight is 353 g/mol. The molecule has 1 aliphatic heterocycles. The smallest absolute Gasteiger partial charge is 0.293 e. The van der Waals surface area contributed by atoms with Crippen LogP contribution in [-0.4, -0.2) is 28.8 Å². The third-order valence-electron chi connectivity index (χ3n) is 4.66. The van der Waals surface area contributed by atoms with E-state index in [1.807, 2.05) is 35.2 Å². The molecule has 0 aromatic heterocycles. The van der Waals surface area contributed by atoms with Crippen LogP contribution in [0.2, 0.25) is 0 Å². The quantitative estimate of drug-likeness (QED) is 0.645. The van der Waals surface area contributed by atoms with E-state index in [-0.39, 0.29) is 11.6 Å². The van der Waals surface area contributed by atoms with Crippen molar-refractivity contribution in [3.8, 4) is 0 Å². The topological polar surface area (TPSA) is 75.5 Å². The highest BCUT2D eigenvalue weighted by Gasteiger charge is 2.21. The normalized spacial score (nSPS) is 14.5. The molecule has 1 aliphatic rings. The minimum absolute atomic E-state index is 0.0680. The molecule has 1 fully saturated rings. The van der Waals surface area contributed by atoms with Crippen LogP contribution >= 0.6 is 0 Å². The van der Waals surface area contributed by atoms with E-state index in [9.17, 15) is 14.9 Å².